The van der Waals surface area contributed by atoms with Crippen LogP contribution in [0.5, 0.6) is 0 Å². The summed E-state index contributed by atoms with van der Waals surface area (Å²) < 4.78 is 0. The number of carbonyl (C=O) groups excluding carboxylic acids is 1. The average Bonchev–Trinajstić information content (AvgIpc) is 2.47. The number of nitrogens with zero attached hydrogens (tertiary/aromatic N) is 1. The second-order valence-electron chi connectivity index (χ2n) is 6.59. The van der Waals surface area contributed by atoms with E-state index in [4.69, 9.17) is 5.73 Å². The first-order valence-corrected chi connectivity index (χ1v) is 8.19. The molecule has 2 rings (SSSR count). The minimum atomic E-state index is -0.159. The highest BCUT2D eigenvalue weighted by atomic mass is 16.2. The fourth-order valence-electron chi connectivity index (χ4n) is 3.36. The summed E-state index contributed by atoms with van der Waals surface area (Å²) in [5.74, 6) is 0.325. The predicted octanol–water partition coefficient (Wildman–Crippen LogP) is 3.98. The number of amides is 1. The molecule has 2 N–H and O–H groups in total. The monoisotopic (exact) mass is 288 g/mol. The van der Waals surface area contributed by atoms with Gasteiger partial charge >= 0.3 is 0 Å². The second-order valence-corrected chi connectivity index (χ2v) is 6.59. The summed E-state index contributed by atoms with van der Waals surface area (Å²) in [4.78, 5) is 15.0. The Labute approximate surface area is 128 Å². The van der Waals surface area contributed by atoms with E-state index in [1.165, 1.54) is 19.3 Å². The van der Waals surface area contributed by atoms with Crippen molar-refractivity contribution in [1.82, 2.24) is 4.90 Å². The van der Waals surface area contributed by atoms with Crippen molar-refractivity contribution in [2.24, 2.45) is 5.41 Å². The summed E-state index contributed by atoms with van der Waals surface area (Å²) in [5, 5.41) is 0. The highest BCUT2D eigenvalue weighted by Crippen LogP contribution is 2.37. The molecule has 0 unspecified atom stereocenters. The van der Waals surface area contributed by atoms with Crippen LogP contribution in [-0.2, 0) is 11.3 Å². The molecule has 116 valence electrons. The van der Waals surface area contributed by atoms with Crippen molar-refractivity contribution in [3.8, 4) is 0 Å². The molecule has 0 aromatic heterocycles. The van der Waals surface area contributed by atoms with Crippen LogP contribution in [0.3, 0.4) is 0 Å². The van der Waals surface area contributed by atoms with E-state index in [1.54, 1.807) is 0 Å². The lowest BCUT2D eigenvalue weighted by molar-refractivity contribution is -0.143. The van der Waals surface area contributed by atoms with E-state index >= 15 is 0 Å². The maximum atomic E-state index is 13.0. The standard InChI is InChI=1S/C18H28N2O/c1-3-12-20(14-15-8-7-9-16(19)13-15)17(21)18(2)10-5-4-6-11-18/h7-9,13H,3-6,10-12,14,19H2,1-2H3. The molecular weight excluding hydrogens is 260 g/mol. The molecule has 1 amide bonds. The van der Waals surface area contributed by atoms with Gasteiger partial charge in [0.25, 0.3) is 0 Å². The molecule has 0 radical (unpaired) electrons. The van der Waals surface area contributed by atoms with E-state index in [1.807, 2.05) is 23.1 Å². The van der Waals surface area contributed by atoms with Gasteiger partial charge in [-0.05, 0) is 37.0 Å². The summed E-state index contributed by atoms with van der Waals surface area (Å²) in [5.41, 5.74) is 7.58. The molecule has 0 atom stereocenters. The zero-order valence-corrected chi connectivity index (χ0v) is 13.4. The third kappa shape index (κ3) is 3.99. The maximum Gasteiger partial charge on any atom is 0.228 e. The van der Waals surface area contributed by atoms with Crippen molar-refractivity contribution in [3.63, 3.8) is 0 Å². The van der Waals surface area contributed by atoms with Crippen molar-refractivity contribution in [2.45, 2.75) is 58.9 Å². The van der Waals surface area contributed by atoms with Crippen LogP contribution >= 0.6 is 0 Å². The number of rotatable bonds is 5. The molecule has 0 bridgehead atoms. The van der Waals surface area contributed by atoms with E-state index in [-0.39, 0.29) is 5.41 Å². The van der Waals surface area contributed by atoms with Crippen LogP contribution in [0, 0.1) is 5.41 Å². The third-order valence-corrected chi connectivity index (χ3v) is 4.58. The van der Waals surface area contributed by atoms with Gasteiger partial charge < -0.3 is 10.6 Å². The molecule has 0 spiro atoms. The van der Waals surface area contributed by atoms with Crippen LogP contribution in [0.4, 0.5) is 5.69 Å². The van der Waals surface area contributed by atoms with Gasteiger partial charge in [0.1, 0.15) is 0 Å². The fourth-order valence-corrected chi connectivity index (χ4v) is 3.36. The molecule has 1 fully saturated rings. The van der Waals surface area contributed by atoms with E-state index in [0.717, 1.165) is 37.1 Å². The van der Waals surface area contributed by atoms with E-state index in [9.17, 15) is 4.79 Å². The Kier molecular flexibility index (Phi) is 5.27. The normalized spacial score (nSPS) is 17.4. The van der Waals surface area contributed by atoms with E-state index in [2.05, 4.69) is 19.9 Å². The van der Waals surface area contributed by atoms with Gasteiger partial charge in [-0.1, -0.05) is 45.2 Å². The van der Waals surface area contributed by atoms with Crippen LogP contribution in [0.25, 0.3) is 0 Å². The number of nitrogen functional groups attached to an aromatic ring is 1. The average molecular weight is 288 g/mol. The number of nitrogens with two attached hydrogens (primary N) is 1. The smallest absolute Gasteiger partial charge is 0.228 e. The van der Waals surface area contributed by atoms with Crippen LogP contribution < -0.4 is 5.73 Å². The Morgan fingerprint density at radius 3 is 2.62 bits per heavy atom. The topological polar surface area (TPSA) is 46.3 Å². The van der Waals surface area contributed by atoms with Gasteiger partial charge in [-0.2, -0.15) is 0 Å². The van der Waals surface area contributed by atoms with Crippen molar-refractivity contribution < 1.29 is 4.79 Å². The van der Waals surface area contributed by atoms with Crippen molar-refractivity contribution in [1.29, 1.82) is 0 Å². The second kappa shape index (κ2) is 6.97. The van der Waals surface area contributed by atoms with Gasteiger partial charge in [0.05, 0.1) is 0 Å². The van der Waals surface area contributed by atoms with Crippen LogP contribution in [0.2, 0.25) is 0 Å². The van der Waals surface area contributed by atoms with Crippen molar-refractivity contribution in [2.75, 3.05) is 12.3 Å². The first-order valence-electron chi connectivity index (χ1n) is 8.19. The van der Waals surface area contributed by atoms with Crippen LogP contribution in [-0.4, -0.2) is 17.4 Å². The van der Waals surface area contributed by atoms with Crippen LogP contribution in [0.15, 0.2) is 24.3 Å². The SMILES string of the molecule is CCCN(Cc1cccc(N)c1)C(=O)C1(C)CCCCC1. The number of anilines is 1. The van der Waals surface area contributed by atoms with E-state index < -0.39 is 0 Å². The zero-order chi connectivity index (χ0) is 15.3. The first kappa shape index (κ1) is 15.9. The van der Waals surface area contributed by atoms with Crippen molar-refractivity contribution in [3.05, 3.63) is 29.8 Å². The minimum Gasteiger partial charge on any atom is -0.399 e. The molecule has 0 heterocycles. The molecule has 3 heteroatoms. The summed E-state index contributed by atoms with van der Waals surface area (Å²) >= 11 is 0. The van der Waals surface area contributed by atoms with Gasteiger partial charge in [0.15, 0.2) is 0 Å². The predicted molar refractivity (Wildman–Crippen MR) is 87.8 cm³/mol. The number of hydrogen-bond donors (Lipinski definition) is 1. The molecule has 1 saturated carbocycles. The number of hydrogen-bond acceptors (Lipinski definition) is 2. The summed E-state index contributed by atoms with van der Waals surface area (Å²) in [6.07, 6.45) is 6.68. The maximum absolute atomic E-state index is 13.0. The van der Waals surface area contributed by atoms with Gasteiger partial charge in [-0.15, -0.1) is 0 Å². The Morgan fingerprint density at radius 1 is 1.29 bits per heavy atom. The molecule has 21 heavy (non-hydrogen) atoms. The summed E-state index contributed by atoms with van der Waals surface area (Å²) in [6, 6.07) is 7.87. The lowest BCUT2D eigenvalue weighted by Crippen LogP contribution is -2.43. The third-order valence-electron chi connectivity index (χ3n) is 4.58. The minimum absolute atomic E-state index is 0.159. The van der Waals surface area contributed by atoms with Crippen LogP contribution in [0.1, 0.15) is 57.9 Å². The lowest BCUT2D eigenvalue weighted by atomic mass is 9.74. The van der Waals surface area contributed by atoms with Gasteiger partial charge in [0, 0.05) is 24.2 Å². The number of carbonyl (C=O) groups is 1. The van der Waals surface area contributed by atoms with E-state index in [0.29, 0.717) is 12.5 Å². The fraction of sp³-hybridized carbons (Fsp3) is 0.611. The van der Waals surface area contributed by atoms with Gasteiger partial charge in [-0.25, -0.2) is 0 Å². The Balaban J connectivity index is 2.12. The Morgan fingerprint density at radius 2 is 2.00 bits per heavy atom. The highest BCUT2D eigenvalue weighted by molar-refractivity contribution is 5.82. The van der Waals surface area contributed by atoms with Gasteiger partial charge in [0.2, 0.25) is 5.91 Å². The number of benzene rings is 1. The summed E-state index contributed by atoms with van der Waals surface area (Å²) in [7, 11) is 0. The van der Waals surface area contributed by atoms with Crippen molar-refractivity contribution >= 4 is 11.6 Å². The quantitative estimate of drug-likeness (QED) is 0.833. The molecule has 0 saturated heterocycles. The molecule has 3 nitrogen and oxygen atoms in total. The molecule has 1 aliphatic carbocycles. The zero-order valence-electron chi connectivity index (χ0n) is 13.4. The molecule has 1 aliphatic rings. The Hall–Kier alpha value is -1.51. The molecular formula is C18H28N2O. The molecule has 0 aliphatic heterocycles. The summed E-state index contributed by atoms with van der Waals surface area (Å²) in [6.45, 7) is 5.77. The molecule has 1 aromatic rings. The highest BCUT2D eigenvalue weighted by Gasteiger charge is 2.37. The Bertz CT molecular complexity index is 478. The van der Waals surface area contributed by atoms with Gasteiger partial charge in [-0.3, -0.25) is 4.79 Å². The molecule has 1 aromatic carbocycles. The largest absolute Gasteiger partial charge is 0.399 e. The lowest BCUT2D eigenvalue weighted by Gasteiger charge is -2.37. The first-order chi connectivity index (χ1) is 10.0.